The van der Waals surface area contributed by atoms with Gasteiger partial charge in [-0.2, -0.15) is 5.10 Å². The van der Waals surface area contributed by atoms with Gasteiger partial charge >= 0.3 is 0 Å². The number of sulfonamides is 1. The molecule has 0 aliphatic carbocycles. The molecule has 7 heteroatoms. The first-order valence-corrected chi connectivity index (χ1v) is 7.16. The Morgan fingerprint density at radius 3 is 2.47 bits per heavy atom. The normalized spacial score (nSPS) is 11.5. The number of nitrogens with zero attached hydrogens (tertiary/aromatic N) is 2. The van der Waals surface area contributed by atoms with Crippen molar-refractivity contribution in [2.45, 2.75) is 18.7 Å². The molecule has 1 heterocycles. The fraction of sp³-hybridized carbons (Fsp3) is 0.250. The maximum atomic E-state index is 12.1. The fourth-order valence-electron chi connectivity index (χ4n) is 1.67. The van der Waals surface area contributed by atoms with E-state index in [4.69, 9.17) is 5.73 Å². The van der Waals surface area contributed by atoms with Crippen LogP contribution < -0.4 is 10.5 Å². The Bertz CT molecular complexity index is 719. The van der Waals surface area contributed by atoms with Gasteiger partial charge in [-0.05, 0) is 37.1 Å². The van der Waals surface area contributed by atoms with Crippen LogP contribution in [-0.4, -0.2) is 18.2 Å². The van der Waals surface area contributed by atoms with Crippen LogP contribution >= 0.6 is 0 Å². The Balaban J connectivity index is 2.38. The quantitative estimate of drug-likeness (QED) is 0.832. The third kappa shape index (κ3) is 2.70. The molecule has 0 aliphatic heterocycles. The van der Waals surface area contributed by atoms with Crippen LogP contribution in [0, 0.1) is 13.8 Å². The number of nitrogens with one attached hydrogen (secondary N) is 1. The lowest BCUT2D eigenvalue weighted by Gasteiger charge is -2.11. The van der Waals surface area contributed by atoms with Gasteiger partial charge < -0.3 is 5.73 Å². The molecular formula is C12H16N4O2S. The lowest BCUT2D eigenvalue weighted by molar-refractivity contribution is 0.601. The minimum Gasteiger partial charge on any atom is -0.397 e. The fourth-order valence-corrected chi connectivity index (χ4v) is 2.73. The molecular weight excluding hydrogens is 264 g/mol. The molecule has 1 aromatic heterocycles. The third-order valence-corrected chi connectivity index (χ3v) is 4.22. The highest BCUT2D eigenvalue weighted by molar-refractivity contribution is 7.92. The van der Waals surface area contributed by atoms with Gasteiger partial charge in [0.1, 0.15) is 4.90 Å². The van der Waals surface area contributed by atoms with Crippen LogP contribution in [0.15, 0.2) is 29.4 Å². The highest BCUT2D eigenvalue weighted by Gasteiger charge is 2.17. The summed E-state index contributed by atoms with van der Waals surface area (Å²) in [6.07, 6.45) is 2.72. The number of anilines is 2. The molecule has 2 rings (SSSR count). The van der Waals surface area contributed by atoms with Crippen LogP contribution in [0.2, 0.25) is 0 Å². The second-order valence-electron chi connectivity index (χ2n) is 4.48. The van der Waals surface area contributed by atoms with Gasteiger partial charge in [-0.3, -0.25) is 9.40 Å². The van der Waals surface area contributed by atoms with E-state index in [1.54, 1.807) is 19.2 Å². The second-order valence-corrected chi connectivity index (χ2v) is 6.16. The second kappa shape index (κ2) is 4.58. The SMILES string of the molecule is Cc1cc(N)c(NS(=O)(=O)c2cnn(C)c2)cc1C. The Kier molecular flexibility index (Phi) is 3.23. The van der Waals surface area contributed by atoms with Crippen LogP contribution in [0.25, 0.3) is 0 Å². The van der Waals surface area contributed by atoms with Crippen LogP contribution in [0.1, 0.15) is 11.1 Å². The summed E-state index contributed by atoms with van der Waals surface area (Å²) in [6.45, 7) is 3.82. The summed E-state index contributed by atoms with van der Waals surface area (Å²) in [5.74, 6) is 0. The maximum Gasteiger partial charge on any atom is 0.265 e. The summed E-state index contributed by atoms with van der Waals surface area (Å²) in [5.41, 5.74) is 8.60. The molecule has 0 spiro atoms. The standard InChI is InChI=1S/C12H16N4O2S/c1-8-4-11(13)12(5-9(8)2)15-19(17,18)10-6-14-16(3)7-10/h4-7,15H,13H2,1-3H3. The topological polar surface area (TPSA) is 90.0 Å². The van der Waals surface area contributed by atoms with E-state index in [0.29, 0.717) is 11.4 Å². The van der Waals surface area contributed by atoms with Crippen LogP contribution in [0.5, 0.6) is 0 Å². The smallest absolute Gasteiger partial charge is 0.265 e. The molecule has 0 fully saturated rings. The molecule has 19 heavy (non-hydrogen) atoms. The number of nitrogens with two attached hydrogens (primary N) is 1. The number of nitrogen functional groups attached to an aromatic ring is 1. The molecule has 2 aromatic rings. The molecule has 0 unspecified atom stereocenters. The predicted octanol–water partition coefficient (Wildman–Crippen LogP) is 1.42. The molecule has 0 amide bonds. The summed E-state index contributed by atoms with van der Waals surface area (Å²) < 4.78 is 28.2. The van der Waals surface area contributed by atoms with Crippen molar-refractivity contribution in [3.05, 3.63) is 35.7 Å². The van der Waals surface area contributed by atoms with Gasteiger partial charge in [-0.15, -0.1) is 0 Å². The van der Waals surface area contributed by atoms with Crippen LogP contribution in [0.3, 0.4) is 0 Å². The minimum atomic E-state index is -3.66. The van der Waals surface area contributed by atoms with Gasteiger partial charge in [0.25, 0.3) is 10.0 Å². The molecule has 1 aromatic carbocycles. The number of hydrogen-bond donors (Lipinski definition) is 2. The van der Waals surface area contributed by atoms with E-state index in [0.717, 1.165) is 11.1 Å². The van der Waals surface area contributed by atoms with Crippen molar-refractivity contribution >= 4 is 21.4 Å². The van der Waals surface area contributed by atoms with Gasteiger partial charge in [-0.1, -0.05) is 0 Å². The first kappa shape index (κ1) is 13.4. The molecule has 0 saturated carbocycles. The summed E-state index contributed by atoms with van der Waals surface area (Å²) in [6, 6.07) is 3.47. The minimum absolute atomic E-state index is 0.104. The summed E-state index contributed by atoms with van der Waals surface area (Å²) in [4.78, 5) is 0.104. The van der Waals surface area contributed by atoms with E-state index >= 15 is 0 Å². The lowest BCUT2D eigenvalue weighted by atomic mass is 10.1. The monoisotopic (exact) mass is 280 g/mol. The van der Waals surface area contributed by atoms with Crippen LogP contribution in [-0.2, 0) is 17.1 Å². The van der Waals surface area contributed by atoms with Crippen LogP contribution in [0.4, 0.5) is 11.4 Å². The van der Waals surface area contributed by atoms with E-state index in [9.17, 15) is 8.42 Å². The number of hydrogen-bond acceptors (Lipinski definition) is 4. The largest absolute Gasteiger partial charge is 0.397 e. The van der Waals surface area contributed by atoms with Crippen molar-refractivity contribution in [3.63, 3.8) is 0 Å². The van der Waals surface area contributed by atoms with E-state index in [1.165, 1.54) is 17.1 Å². The third-order valence-electron chi connectivity index (χ3n) is 2.90. The average Bonchev–Trinajstić information content (AvgIpc) is 2.73. The van der Waals surface area contributed by atoms with E-state index in [1.807, 2.05) is 13.8 Å². The zero-order valence-corrected chi connectivity index (χ0v) is 11.8. The zero-order valence-electron chi connectivity index (χ0n) is 11.0. The first-order chi connectivity index (χ1) is 8.79. The van der Waals surface area contributed by atoms with Gasteiger partial charge in [0.05, 0.1) is 17.6 Å². The molecule has 102 valence electrons. The Labute approximate surface area is 112 Å². The average molecular weight is 280 g/mol. The molecule has 0 aliphatic rings. The predicted molar refractivity (Wildman–Crippen MR) is 74.3 cm³/mol. The van der Waals surface area contributed by atoms with Crippen molar-refractivity contribution in [1.82, 2.24) is 9.78 Å². The maximum absolute atomic E-state index is 12.1. The summed E-state index contributed by atoms with van der Waals surface area (Å²) in [5, 5.41) is 3.84. The molecule has 6 nitrogen and oxygen atoms in total. The summed E-state index contributed by atoms with van der Waals surface area (Å²) >= 11 is 0. The van der Waals surface area contributed by atoms with E-state index in [2.05, 4.69) is 9.82 Å². The summed E-state index contributed by atoms with van der Waals surface area (Å²) in [7, 11) is -2.00. The van der Waals surface area contributed by atoms with Gasteiger partial charge in [0, 0.05) is 13.2 Å². The zero-order chi connectivity index (χ0) is 14.2. The number of aryl methyl sites for hydroxylation is 3. The Morgan fingerprint density at radius 2 is 1.89 bits per heavy atom. The van der Waals surface area contributed by atoms with E-state index in [-0.39, 0.29) is 4.90 Å². The Morgan fingerprint density at radius 1 is 1.26 bits per heavy atom. The van der Waals surface area contributed by atoms with Gasteiger partial charge in [0.2, 0.25) is 0 Å². The van der Waals surface area contributed by atoms with Crippen molar-refractivity contribution < 1.29 is 8.42 Å². The van der Waals surface area contributed by atoms with Crippen molar-refractivity contribution in [3.8, 4) is 0 Å². The number of benzene rings is 1. The first-order valence-electron chi connectivity index (χ1n) is 5.68. The van der Waals surface area contributed by atoms with Gasteiger partial charge in [-0.25, -0.2) is 8.42 Å². The van der Waals surface area contributed by atoms with Crippen molar-refractivity contribution in [2.75, 3.05) is 10.5 Å². The highest BCUT2D eigenvalue weighted by Crippen LogP contribution is 2.25. The van der Waals surface area contributed by atoms with E-state index < -0.39 is 10.0 Å². The van der Waals surface area contributed by atoms with Gasteiger partial charge in [0.15, 0.2) is 0 Å². The van der Waals surface area contributed by atoms with Crippen molar-refractivity contribution in [2.24, 2.45) is 7.05 Å². The molecule has 3 N–H and O–H groups in total. The number of aromatic nitrogens is 2. The Hall–Kier alpha value is -2.02. The van der Waals surface area contributed by atoms with Crippen molar-refractivity contribution in [1.29, 1.82) is 0 Å². The molecule has 0 atom stereocenters. The highest BCUT2D eigenvalue weighted by atomic mass is 32.2. The number of rotatable bonds is 3. The molecule has 0 radical (unpaired) electrons. The molecule has 0 bridgehead atoms. The lowest BCUT2D eigenvalue weighted by Crippen LogP contribution is -2.14. The molecule has 0 saturated heterocycles.